The maximum absolute atomic E-state index is 12.6. The van der Waals surface area contributed by atoms with Crippen molar-refractivity contribution in [2.45, 2.75) is 35.1 Å². The summed E-state index contributed by atoms with van der Waals surface area (Å²) >= 11 is 1.43. The summed E-state index contributed by atoms with van der Waals surface area (Å²) in [5.74, 6) is 0.492. The van der Waals surface area contributed by atoms with Crippen LogP contribution in [0.4, 0.5) is 17.3 Å². The SMILES string of the molecule is C=CC(=O)Nc1ccc(Sc2ccnc(Nc3cccc(S(=O)(=O)NCCC(C)C)c3)n2)cc1. The van der Waals surface area contributed by atoms with Gasteiger partial charge in [0, 0.05) is 29.0 Å². The highest BCUT2D eigenvalue weighted by atomic mass is 32.2. The highest BCUT2D eigenvalue weighted by molar-refractivity contribution is 7.99. The molecule has 0 unspecified atom stereocenters. The lowest BCUT2D eigenvalue weighted by Crippen LogP contribution is -2.25. The topological polar surface area (TPSA) is 113 Å². The van der Waals surface area contributed by atoms with Crippen LogP contribution in [0, 0.1) is 5.92 Å². The quantitative estimate of drug-likeness (QED) is 0.257. The second-order valence-electron chi connectivity index (χ2n) is 7.77. The molecule has 1 heterocycles. The molecule has 0 aliphatic heterocycles. The van der Waals surface area contributed by atoms with E-state index >= 15 is 0 Å². The van der Waals surface area contributed by atoms with Crippen LogP contribution >= 0.6 is 11.8 Å². The molecular formula is C24H27N5O3S2. The van der Waals surface area contributed by atoms with Gasteiger partial charge in [-0.05, 0) is 66.9 Å². The molecule has 3 aromatic rings. The van der Waals surface area contributed by atoms with E-state index in [0.29, 0.717) is 34.8 Å². The van der Waals surface area contributed by atoms with Crippen molar-refractivity contribution in [3.63, 3.8) is 0 Å². The standard InChI is InChI=1S/C24H27N5O3S2/c1-4-22(30)27-18-8-10-20(11-9-18)33-23-13-14-25-24(29-23)28-19-6-5-7-21(16-19)34(31,32)26-15-12-17(2)3/h4-11,13-14,16-17,26H,1,12,15H2,2-3H3,(H,27,30)(H,25,28,29). The zero-order valence-electron chi connectivity index (χ0n) is 19.0. The smallest absolute Gasteiger partial charge is 0.247 e. The predicted molar refractivity (Wildman–Crippen MR) is 136 cm³/mol. The number of sulfonamides is 1. The first-order valence-corrected chi connectivity index (χ1v) is 13.0. The summed E-state index contributed by atoms with van der Waals surface area (Å²) in [5, 5.41) is 6.48. The van der Waals surface area contributed by atoms with Crippen LogP contribution in [-0.2, 0) is 14.8 Å². The Labute approximate surface area is 204 Å². The van der Waals surface area contributed by atoms with E-state index in [9.17, 15) is 13.2 Å². The van der Waals surface area contributed by atoms with Gasteiger partial charge in [-0.15, -0.1) is 0 Å². The fourth-order valence-corrected chi connectivity index (χ4v) is 4.68. The van der Waals surface area contributed by atoms with Gasteiger partial charge in [0.25, 0.3) is 0 Å². The van der Waals surface area contributed by atoms with E-state index in [0.717, 1.165) is 11.3 Å². The van der Waals surface area contributed by atoms with Crippen LogP contribution in [-0.4, -0.2) is 30.8 Å². The third-order valence-corrected chi connectivity index (χ3v) is 6.98. The summed E-state index contributed by atoms with van der Waals surface area (Å²) in [6.45, 7) is 7.92. The number of carbonyl (C=O) groups is 1. The summed E-state index contributed by atoms with van der Waals surface area (Å²) in [5.41, 5.74) is 1.24. The molecule has 0 aliphatic carbocycles. The van der Waals surface area contributed by atoms with Crippen LogP contribution in [0.3, 0.4) is 0 Å². The molecule has 0 saturated carbocycles. The second-order valence-corrected chi connectivity index (χ2v) is 10.6. The van der Waals surface area contributed by atoms with Gasteiger partial charge in [0.2, 0.25) is 21.9 Å². The maximum atomic E-state index is 12.6. The number of aromatic nitrogens is 2. The normalized spacial score (nSPS) is 11.3. The van der Waals surface area contributed by atoms with Crippen molar-refractivity contribution in [2.75, 3.05) is 17.2 Å². The lowest BCUT2D eigenvalue weighted by atomic mass is 10.1. The number of anilines is 3. The van der Waals surface area contributed by atoms with Gasteiger partial charge in [-0.1, -0.05) is 38.3 Å². The number of rotatable bonds is 11. The monoisotopic (exact) mass is 497 g/mol. The molecule has 0 spiro atoms. The van der Waals surface area contributed by atoms with Crippen molar-refractivity contribution in [2.24, 2.45) is 5.92 Å². The van der Waals surface area contributed by atoms with Crippen molar-refractivity contribution in [1.29, 1.82) is 0 Å². The first-order valence-electron chi connectivity index (χ1n) is 10.7. The van der Waals surface area contributed by atoms with Crippen molar-refractivity contribution >= 4 is 45.0 Å². The minimum atomic E-state index is -3.60. The van der Waals surface area contributed by atoms with Gasteiger partial charge in [-0.25, -0.2) is 23.1 Å². The summed E-state index contributed by atoms with van der Waals surface area (Å²) in [6, 6.07) is 15.7. The van der Waals surface area contributed by atoms with E-state index in [1.165, 1.54) is 17.8 Å². The number of nitrogens with one attached hydrogen (secondary N) is 3. The Kier molecular flexibility index (Phi) is 8.80. The molecule has 0 radical (unpaired) electrons. The zero-order chi connectivity index (χ0) is 24.6. The van der Waals surface area contributed by atoms with E-state index in [-0.39, 0.29) is 10.8 Å². The minimum Gasteiger partial charge on any atom is -0.324 e. The molecule has 8 nitrogen and oxygen atoms in total. The van der Waals surface area contributed by atoms with Gasteiger partial charge in [0.1, 0.15) is 5.03 Å². The molecule has 1 aromatic heterocycles. The van der Waals surface area contributed by atoms with Crippen LogP contribution in [0.1, 0.15) is 20.3 Å². The highest BCUT2D eigenvalue weighted by Gasteiger charge is 2.14. The van der Waals surface area contributed by atoms with Gasteiger partial charge in [0.05, 0.1) is 4.90 Å². The maximum Gasteiger partial charge on any atom is 0.247 e. The van der Waals surface area contributed by atoms with Crippen LogP contribution < -0.4 is 15.4 Å². The first kappa shape index (κ1) is 25.4. The minimum absolute atomic E-state index is 0.176. The van der Waals surface area contributed by atoms with E-state index in [4.69, 9.17) is 0 Å². The van der Waals surface area contributed by atoms with Crippen molar-refractivity contribution in [3.05, 3.63) is 73.4 Å². The molecule has 0 aliphatic rings. The molecule has 0 saturated heterocycles. The first-order chi connectivity index (χ1) is 16.2. The van der Waals surface area contributed by atoms with Crippen LogP contribution in [0.15, 0.2) is 88.3 Å². The number of hydrogen-bond acceptors (Lipinski definition) is 7. The number of benzene rings is 2. The second kappa shape index (κ2) is 11.8. The molecule has 34 heavy (non-hydrogen) atoms. The Balaban J connectivity index is 1.67. The molecule has 0 fully saturated rings. The average molecular weight is 498 g/mol. The lowest BCUT2D eigenvalue weighted by Gasteiger charge is -2.11. The Morgan fingerprint density at radius 2 is 1.88 bits per heavy atom. The predicted octanol–water partition coefficient (Wildman–Crippen LogP) is 4.82. The van der Waals surface area contributed by atoms with Gasteiger partial charge < -0.3 is 10.6 Å². The summed E-state index contributed by atoms with van der Waals surface area (Å²) in [4.78, 5) is 21.2. The van der Waals surface area contributed by atoms with Crippen LogP contribution in [0.2, 0.25) is 0 Å². The van der Waals surface area contributed by atoms with E-state index < -0.39 is 10.0 Å². The molecule has 0 atom stereocenters. The summed E-state index contributed by atoms with van der Waals surface area (Å²) in [6.07, 6.45) is 3.61. The fourth-order valence-electron chi connectivity index (χ4n) is 2.81. The third kappa shape index (κ3) is 7.68. The Morgan fingerprint density at radius 3 is 2.59 bits per heavy atom. The molecule has 178 valence electrons. The van der Waals surface area contributed by atoms with Gasteiger partial charge >= 0.3 is 0 Å². The molecule has 0 bridgehead atoms. The Hall–Kier alpha value is -3.21. The van der Waals surface area contributed by atoms with E-state index in [2.05, 4.69) is 31.9 Å². The molecule has 3 rings (SSSR count). The van der Waals surface area contributed by atoms with Crippen molar-refractivity contribution in [1.82, 2.24) is 14.7 Å². The highest BCUT2D eigenvalue weighted by Crippen LogP contribution is 2.28. The molecule has 3 N–H and O–H groups in total. The summed E-state index contributed by atoms with van der Waals surface area (Å²) < 4.78 is 27.8. The molecule has 10 heteroatoms. The molecular weight excluding hydrogens is 470 g/mol. The number of amides is 1. The van der Waals surface area contributed by atoms with E-state index in [1.54, 1.807) is 48.7 Å². The zero-order valence-corrected chi connectivity index (χ0v) is 20.6. The summed E-state index contributed by atoms with van der Waals surface area (Å²) in [7, 11) is -3.60. The largest absolute Gasteiger partial charge is 0.324 e. The molecule has 1 amide bonds. The van der Waals surface area contributed by atoms with Crippen LogP contribution in [0.25, 0.3) is 0 Å². The van der Waals surface area contributed by atoms with E-state index in [1.807, 2.05) is 26.0 Å². The fraction of sp³-hybridized carbons (Fsp3) is 0.208. The van der Waals surface area contributed by atoms with Gasteiger partial charge in [-0.3, -0.25) is 4.79 Å². The number of nitrogens with zero attached hydrogens (tertiary/aromatic N) is 2. The Morgan fingerprint density at radius 1 is 1.12 bits per heavy atom. The average Bonchev–Trinajstić information content (AvgIpc) is 2.80. The van der Waals surface area contributed by atoms with Crippen molar-refractivity contribution < 1.29 is 13.2 Å². The molecule has 2 aromatic carbocycles. The van der Waals surface area contributed by atoms with Crippen molar-refractivity contribution in [3.8, 4) is 0 Å². The lowest BCUT2D eigenvalue weighted by molar-refractivity contribution is -0.111. The Bertz CT molecular complexity index is 1250. The van der Waals surface area contributed by atoms with Gasteiger partial charge in [-0.2, -0.15) is 0 Å². The number of carbonyl (C=O) groups excluding carboxylic acids is 1. The van der Waals surface area contributed by atoms with Gasteiger partial charge in [0.15, 0.2) is 0 Å². The third-order valence-electron chi connectivity index (χ3n) is 4.57. The van der Waals surface area contributed by atoms with Crippen LogP contribution in [0.5, 0.6) is 0 Å². The number of hydrogen-bond donors (Lipinski definition) is 3.